The molecule has 4 heteroatoms. The summed E-state index contributed by atoms with van der Waals surface area (Å²) in [5.41, 5.74) is -0.512. The number of hydrogen-bond acceptors (Lipinski definition) is 3. The second-order valence-corrected chi connectivity index (χ2v) is 5.67. The van der Waals surface area contributed by atoms with Crippen LogP contribution in [0.15, 0.2) is 46.2 Å². The van der Waals surface area contributed by atoms with Crippen LogP contribution in [-0.4, -0.2) is 5.11 Å². The van der Waals surface area contributed by atoms with E-state index in [1.54, 1.807) is 13.0 Å². The van der Waals surface area contributed by atoms with Crippen LogP contribution < -0.4 is 0 Å². The van der Waals surface area contributed by atoms with Gasteiger partial charge in [-0.15, -0.1) is 11.3 Å². The first-order valence-corrected chi connectivity index (χ1v) is 6.79. The van der Waals surface area contributed by atoms with Crippen molar-refractivity contribution in [2.75, 3.05) is 0 Å². The highest BCUT2D eigenvalue weighted by Crippen LogP contribution is 2.37. The molecule has 0 radical (unpaired) electrons. The monoisotopic (exact) mass is 278 g/mol. The van der Waals surface area contributed by atoms with E-state index in [0.717, 1.165) is 10.3 Å². The van der Waals surface area contributed by atoms with Crippen LogP contribution in [-0.2, 0) is 5.60 Å². The van der Waals surface area contributed by atoms with Gasteiger partial charge in [0.2, 0.25) is 0 Å². The van der Waals surface area contributed by atoms with Crippen LogP contribution in [0.25, 0.3) is 11.0 Å². The molecule has 0 amide bonds. The number of furan rings is 1. The molecule has 1 aromatic carbocycles. The van der Waals surface area contributed by atoms with Crippen molar-refractivity contribution in [3.8, 4) is 0 Å². The van der Waals surface area contributed by atoms with Gasteiger partial charge in [-0.2, -0.15) is 0 Å². The third kappa shape index (κ3) is 1.75. The van der Waals surface area contributed by atoms with E-state index in [1.807, 2.05) is 35.7 Å². The molecule has 0 fully saturated rings. The van der Waals surface area contributed by atoms with Crippen LogP contribution in [0.3, 0.4) is 0 Å². The number of halogens is 1. The maximum atomic E-state index is 10.6. The molecular formula is C14H11ClO2S. The van der Waals surface area contributed by atoms with Gasteiger partial charge in [0.1, 0.15) is 5.76 Å². The van der Waals surface area contributed by atoms with Gasteiger partial charge in [0.25, 0.3) is 0 Å². The zero-order chi connectivity index (χ0) is 12.8. The Hall–Kier alpha value is -1.29. The molecule has 3 rings (SSSR count). The molecule has 1 atom stereocenters. The third-order valence-corrected chi connectivity index (χ3v) is 4.36. The molecule has 92 valence electrons. The SMILES string of the molecule is CC(O)(c1cc2cccc(Cl)c2o1)c1cccs1. The van der Waals surface area contributed by atoms with Crippen molar-refractivity contribution in [3.05, 3.63) is 57.4 Å². The number of aliphatic hydroxyl groups is 1. The van der Waals surface area contributed by atoms with E-state index in [1.165, 1.54) is 11.3 Å². The fourth-order valence-corrected chi connectivity index (χ4v) is 2.96. The summed E-state index contributed by atoms with van der Waals surface area (Å²) in [4.78, 5) is 0.845. The Balaban J connectivity index is 2.18. The van der Waals surface area contributed by atoms with E-state index in [0.29, 0.717) is 16.4 Å². The molecule has 1 N–H and O–H groups in total. The van der Waals surface area contributed by atoms with Crippen LogP contribution in [0.4, 0.5) is 0 Å². The van der Waals surface area contributed by atoms with Crippen molar-refractivity contribution in [3.63, 3.8) is 0 Å². The summed E-state index contributed by atoms with van der Waals surface area (Å²) < 4.78 is 5.71. The summed E-state index contributed by atoms with van der Waals surface area (Å²) in [6.07, 6.45) is 0. The molecular weight excluding hydrogens is 268 g/mol. The highest BCUT2D eigenvalue weighted by molar-refractivity contribution is 7.10. The van der Waals surface area contributed by atoms with Crippen molar-refractivity contribution in [1.29, 1.82) is 0 Å². The quantitative estimate of drug-likeness (QED) is 0.753. The Morgan fingerprint density at radius 1 is 1.28 bits per heavy atom. The summed E-state index contributed by atoms with van der Waals surface area (Å²) >= 11 is 7.57. The van der Waals surface area contributed by atoms with E-state index >= 15 is 0 Å². The maximum absolute atomic E-state index is 10.6. The minimum Gasteiger partial charge on any atom is -0.456 e. The van der Waals surface area contributed by atoms with E-state index in [9.17, 15) is 5.11 Å². The summed E-state index contributed by atoms with van der Waals surface area (Å²) in [7, 11) is 0. The number of thiophene rings is 1. The van der Waals surface area contributed by atoms with Gasteiger partial charge >= 0.3 is 0 Å². The largest absolute Gasteiger partial charge is 0.456 e. The molecule has 0 aliphatic heterocycles. The van der Waals surface area contributed by atoms with Gasteiger partial charge in [0.05, 0.1) is 5.02 Å². The Morgan fingerprint density at radius 3 is 2.78 bits per heavy atom. The van der Waals surface area contributed by atoms with Crippen LogP contribution in [0.1, 0.15) is 17.6 Å². The van der Waals surface area contributed by atoms with Gasteiger partial charge in [-0.3, -0.25) is 0 Å². The highest BCUT2D eigenvalue weighted by atomic mass is 35.5. The molecule has 2 nitrogen and oxygen atoms in total. The smallest absolute Gasteiger partial charge is 0.153 e. The summed E-state index contributed by atoms with van der Waals surface area (Å²) in [5, 5.41) is 14.0. The van der Waals surface area contributed by atoms with Crippen LogP contribution in [0.5, 0.6) is 0 Å². The van der Waals surface area contributed by atoms with Crippen molar-refractivity contribution in [2.24, 2.45) is 0 Å². The molecule has 0 aliphatic rings. The Labute approximate surface area is 113 Å². The predicted octanol–water partition coefficient (Wildman–Crippen LogP) is 4.40. The minimum absolute atomic E-state index is 0.507. The van der Waals surface area contributed by atoms with E-state index in [-0.39, 0.29) is 0 Å². The van der Waals surface area contributed by atoms with E-state index in [2.05, 4.69) is 0 Å². The summed E-state index contributed by atoms with van der Waals surface area (Å²) in [5.74, 6) is 0.507. The molecule has 0 aliphatic carbocycles. The molecule has 0 bridgehead atoms. The predicted molar refractivity (Wildman–Crippen MR) is 74.2 cm³/mol. The first kappa shape index (κ1) is 11.8. The normalized spacial score (nSPS) is 14.8. The third-order valence-electron chi connectivity index (χ3n) is 2.98. The number of rotatable bonds is 2. The Bertz CT molecular complexity index is 683. The van der Waals surface area contributed by atoms with Gasteiger partial charge in [0, 0.05) is 10.3 Å². The summed E-state index contributed by atoms with van der Waals surface area (Å²) in [6, 6.07) is 11.2. The van der Waals surface area contributed by atoms with Crippen LogP contribution >= 0.6 is 22.9 Å². The number of hydrogen-bond donors (Lipinski definition) is 1. The lowest BCUT2D eigenvalue weighted by Gasteiger charge is -2.18. The summed E-state index contributed by atoms with van der Waals surface area (Å²) in [6.45, 7) is 1.73. The van der Waals surface area contributed by atoms with Crippen molar-refractivity contribution < 1.29 is 9.52 Å². The fourth-order valence-electron chi connectivity index (χ4n) is 1.94. The van der Waals surface area contributed by atoms with Crippen molar-refractivity contribution in [1.82, 2.24) is 0 Å². The lowest BCUT2D eigenvalue weighted by Crippen LogP contribution is -2.20. The van der Waals surface area contributed by atoms with E-state index in [4.69, 9.17) is 16.0 Å². The second-order valence-electron chi connectivity index (χ2n) is 4.32. The van der Waals surface area contributed by atoms with Crippen LogP contribution in [0, 0.1) is 0 Å². The van der Waals surface area contributed by atoms with Gasteiger partial charge in [-0.25, -0.2) is 0 Å². The van der Waals surface area contributed by atoms with Crippen LogP contribution in [0.2, 0.25) is 5.02 Å². The number of benzene rings is 1. The zero-order valence-corrected chi connectivity index (χ0v) is 11.3. The molecule has 18 heavy (non-hydrogen) atoms. The number of fused-ring (bicyclic) bond motifs is 1. The number of para-hydroxylation sites is 1. The molecule has 2 aromatic heterocycles. The van der Waals surface area contributed by atoms with Crippen molar-refractivity contribution >= 4 is 33.9 Å². The molecule has 2 heterocycles. The lowest BCUT2D eigenvalue weighted by molar-refractivity contribution is 0.0824. The van der Waals surface area contributed by atoms with E-state index < -0.39 is 5.60 Å². The topological polar surface area (TPSA) is 33.4 Å². The molecule has 0 saturated carbocycles. The van der Waals surface area contributed by atoms with Gasteiger partial charge in [-0.1, -0.05) is 29.8 Å². The zero-order valence-electron chi connectivity index (χ0n) is 9.68. The second kappa shape index (κ2) is 4.12. The fraction of sp³-hybridized carbons (Fsp3) is 0.143. The average Bonchev–Trinajstić information content (AvgIpc) is 2.99. The molecule has 0 saturated heterocycles. The van der Waals surface area contributed by atoms with Gasteiger partial charge in [-0.05, 0) is 30.5 Å². The molecule has 1 unspecified atom stereocenters. The Morgan fingerprint density at radius 2 is 2.11 bits per heavy atom. The molecule has 3 aromatic rings. The van der Waals surface area contributed by atoms with Gasteiger partial charge < -0.3 is 9.52 Å². The first-order chi connectivity index (χ1) is 8.59. The standard InChI is InChI=1S/C14H11ClO2S/c1-14(16,12-6-3-7-18-12)11-8-9-4-2-5-10(15)13(9)17-11/h2-8,16H,1H3. The van der Waals surface area contributed by atoms with Gasteiger partial charge in [0.15, 0.2) is 11.2 Å². The first-order valence-electron chi connectivity index (χ1n) is 5.54. The minimum atomic E-state index is -1.13. The highest BCUT2D eigenvalue weighted by Gasteiger charge is 2.30. The van der Waals surface area contributed by atoms with Crippen molar-refractivity contribution in [2.45, 2.75) is 12.5 Å². The lowest BCUT2D eigenvalue weighted by atomic mass is 10.0. The Kier molecular flexibility index (Phi) is 2.70. The average molecular weight is 279 g/mol. The maximum Gasteiger partial charge on any atom is 0.153 e. The molecule has 0 spiro atoms.